The molecule has 0 aliphatic rings. The lowest BCUT2D eigenvalue weighted by atomic mass is 10.1. The molecule has 0 aromatic carbocycles. The molecule has 0 aliphatic heterocycles. The number of phosphoric acid groups is 1. The van der Waals surface area contributed by atoms with Gasteiger partial charge in [0.25, 0.3) is 0 Å². The van der Waals surface area contributed by atoms with E-state index in [4.69, 9.17) is 23.3 Å². The number of carbonyl (C=O) groups is 3. The van der Waals surface area contributed by atoms with Gasteiger partial charge in [0.05, 0.1) is 19.8 Å². The first-order valence-corrected chi connectivity index (χ1v) is 28.9. The van der Waals surface area contributed by atoms with E-state index >= 15 is 0 Å². The molecule has 0 radical (unpaired) electrons. The Morgan fingerprint density at radius 3 is 1.25 bits per heavy atom. The van der Waals surface area contributed by atoms with Crippen LogP contribution in [0.4, 0.5) is 0 Å². The summed E-state index contributed by atoms with van der Waals surface area (Å²) in [6, 6.07) is 0. The van der Waals surface area contributed by atoms with Gasteiger partial charge in [0.2, 0.25) is 0 Å². The highest BCUT2D eigenvalue weighted by molar-refractivity contribution is 7.47. The van der Waals surface area contributed by atoms with E-state index in [1.54, 1.807) is 0 Å². The van der Waals surface area contributed by atoms with Gasteiger partial charge in [0.1, 0.15) is 12.7 Å². The van der Waals surface area contributed by atoms with E-state index in [1.165, 1.54) is 38.5 Å². The van der Waals surface area contributed by atoms with Crippen molar-refractivity contribution in [3.05, 3.63) is 122 Å². The van der Waals surface area contributed by atoms with Crippen LogP contribution in [0, 0.1) is 0 Å². The zero-order chi connectivity index (χ0) is 52.7. The number of hydrogen-bond acceptors (Lipinski definition) is 10. The number of allylic oxidation sites excluding steroid dienone is 20. The van der Waals surface area contributed by atoms with Gasteiger partial charge in [-0.1, -0.05) is 194 Å². The van der Waals surface area contributed by atoms with Crippen molar-refractivity contribution in [2.24, 2.45) is 0 Å². The lowest BCUT2D eigenvalue weighted by Crippen LogP contribution is -2.30. The van der Waals surface area contributed by atoms with Crippen LogP contribution in [0.5, 0.6) is 0 Å². The molecule has 2 N–H and O–H groups in total. The Morgan fingerprint density at radius 2 is 0.764 bits per heavy atom. The molecule has 12 heteroatoms. The molecule has 0 saturated carbocycles. The van der Waals surface area contributed by atoms with Gasteiger partial charge >= 0.3 is 25.7 Å². The Morgan fingerprint density at radius 1 is 0.403 bits per heavy atom. The van der Waals surface area contributed by atoms with Crippen molar-refractivity contribution in [2.45, 2.75) is 213 Å². The van der Waals surface area contributed by atoms with Gasteiger partial charge in [-0.25, -0.2) is 4.57 Å². The Kier molecular flexibility index (Phi) is 50.1. The van der Waals surface area contributed by atoms with Crippen molar-refractivity contribution in [3.63, 3.8) is 0 Å². The summed E-state index contributed by atoms with van der Waals surface area (Å²) < 4.78 is 39.3. The highest BCUT2D eigenvalue weighted by Crippen LogP contribution is 2.43. The van der Waals surface area contributed by atoms with Crippen LogP contribution < -0.4 is 0 Å². The molecule has 0 fully saturated rings. The number of ether oxygens (including phenoxy) is 3. The van der Waals surface area contributed by atoms with Crippen LogP contribution >= 0.6 is 7.82 Å². The Bertz CT molecular complexity index is 1670. The third-order valence-electron chi connectivity index (χ3n) is 10.9. The average Bonchev–Trinajstić information content (AvgIpc) is 3.37. The average molecular weight is 1030 g/mol. The third kappa shape index (κ3) is 50.8. The monoisotopic (exact) mass is 1020 g/mol. The number of esters is 3. The Balaban J connectivity index is 4.92. The molecule has 11 nitrogen and oxygen atoms in total. The molecule has 3 atom stereocenters. The molecule has 0 bridgehead atoms. The molecule has 0 saturated heterocycles. The molecule has 0 aromatic rings. The SMILES string of the molecule is CC/C=C\C/C=C\C/C=C\C/C=C\C/C=C\CCCC(=O)OC(COC(=O)CCCCCCC/C=C\CCCCCCCC)COP(=O)(O)OCC(CO)OC(=O)CC/C=C\C/C=C\C/C=C\C/C=C\CC. The minimum Gasteiger partial charge on any atom is -0.462 e. The van der Waals surface area contributed by atoms with Crippen molar-refractivity contribution in [1.82, 2.24) is 0 Å². The highest BCUT2D eigenvalue weighted by atomic mass is 31.2. The number of rotatable bonds is 49. The molecule has 0 aromatic heterocycles. The summed E-state index contributed by atoms with van der Waals surface area (Å²) in [5, 5.41) is 9.77. The van der Waals surface area contributed by atoms with Gasteiger partial charge in [-0.05, 0) is 109 Å². The molecule has 0 amide bonds. The summed E-state index contributed by atoms with van der Waals surface area (Å²) in [6.45, 7) is 4.23. The summed E-state index contributed by atoms with van der Waals surface area (Å²) >= 11 is 0. The fourth-order valence-corrected chi connectivity index (χ4v) is 7.54. The Hall–Kier alpha value is -4.12. The Labute approximate surface area is 437 Å². The number of carbonyl (C=O) groups excluding carboxylic acids is 3. The third-order valence-corrected chi connectivity index (χ3v) is 11.8. The van der Waals surface area contributed by atoms with Gasteiger partial charge in [0.15, 0.2) is 6.10 Å². The second kappa shape index (κ2) is 53.2. The molecule has 0 spiro atoms. The maximum atomic E-state index is 12.9. The van der Waals surface area contributed by atoms with Crippen LogP contribution in [0.15, 0.2) is 122 Å². The second-order valence-corrected chi connectivity index (χ2v) is 19.1. The van der Waals surface area contributed by atoms with Crippen LogP contribution in [0.2, 0.25) is 0 Å². The fraction of sp³-hybridized carbons (Fsp3) is 0.617. The van der Waals surface area contributed by atoms with Gasteiger partial charge < -0.3 is 24.2 Å². The standard InChI is InChI=1S/C60H97O11P/c1-4-7-10-13-16-19-22-25-27-28-30-33-36-39-42-45-48-51-60(64)71-57(53-67-58(62)49-46-43-40-37-34-32-29-26-23-20-17-14-11-8-5-2)55-69-72(65,66)68-54-56(52-61)70-59(63)50-47-44-41-38-35-31-24-21-18-15-12-9-6-3/h7,9-10,12,16,18-19,21,25-27,29-31,33,35,39,41-42,44,56-57,61H,4-6,8,11,13-15,17,20,22-24,28,32,34,36-38,40,43,45-55H2,1-3H3,(H,65,66)/b10-7-,12-9-,19-16-,21-18-,27-25-,29-26-,33-30-,35-31-,42-39-,44-41-. The molecular formula is C60H97O11P. The van der Waals surface area contributed by atoms with E-state index in [0.717, 1.165) is 96.3 Å². The number of phosphoric ester groups is 1. The van der Waals surface area contributed by atoms with Crippen molar-refractivity contribution in [1.29, 1.82) is 0 Å². The van der Waals surface area contributed by atoms with Gasteiger partial charge in [-0.2, -0.15) is 0 Å². The summed E-state index contributed by atoms with van der Waals surface area (Å²) in [5.74, 6) is -1.65. The van der Waals surface area contributed by atoms with Crippen molar-refractivity contribution in [2.75, 3.05) is 26.4 Å². The normalized spacial score (nSPS) is 14.3. The molecule has 0 rings (SSSR count). The first-order valence-electron chi connectivity index (χ1n) is 27.4. The minimum atomic E-state index is -4.79. The summed E-state index contributed by atoms with van der Waals surface area (Å²) in [5.41, 5.74) is 0. The lowest BCUT2D eigenvalue weighted by molar-refractivity contribution is -0.161. The minimum absolute atomic E-state index is 0.0450. The number of hydrogen-bond donors (Lipinski definition) is 2. The number of unbranched alkanes of at least 4 members (excludes halogenated alkanes) is 12. The maximum Gasteiger partial charge on any atom is 0.472 e. The van der Waals surface area contributed by atoms with Crippen LogP contribution in [0.25, 0.3) is 0 Å². The van der Waals surface area contributed by atoms with Crippen LogP contribution in [-0.4, -0.2) is 66.5 Å². The van der Waals surface area contributed by atoms with E-state index in [1.807, 2.05) is 30.4 Å². The van der Waals surface area contributed by atoms with Crippen molar-refractivity contribution >= 4 is 25.7 Å². The summed E-state index contributed by atoms with van der Waals surface area (Å²) in [7, 11) is -4.79. The van der Waals surface area contributed by atoms with E-state index in [2.05, 4.69) is 112 Å². The number of aliphatic hydroxyl groups is 1. The predicted molar refractivity (Wildman–Crippen MR) is 297 cm³/mol. The topological polar surface area (TPSA) is 155 Å². The van der Waals surface area contributed by atoms with Gasteiger partial charge in [-0.15, -0.1) is 0 Å². The van der Waals surface area contributed by atoms with Crippen molar-refractivity contribution in [3.8, 4) is 0 Å². The zero-order valence-electron chi connectivity index (χ0n) is 44.8. The van der Waals surface area contributed by atoms with Crippen LogP contribution in [-0.2, 0) is 42.2 Å². The van der Waals surface area contributed by atoms with E-state index < -0.39 is 57.8 Å². The highest BCUT2D eigenvalue weighted by Gasteiger charge is 2.28. The van der Waals surface area contributed by atoms with E-state index in [0.29, 0.717) is 25.7 Å². The van der Waals surface area contributed by atoms with Gasteiger partial charge in [0, 0.05) is 19.3 Å². The first kappa shape index (κ1) is 67.9. The molecule has 3 unspecified atom stereocenters. The molecule has 0 heterocycles. The molecule has 72 heavy (non-hydrogen) atoms. The predicted octanol–water partition coefficient (Wildman–Crippen LogP) is 16.0. The maximum absolute atomic E-state index is 12.9. The second-order valence-electron chi connectivity index (χ2n) is 17.6. The van der Waals surface area contributed by atoms with Crippen LogP contribution in [0.3, 0.4) is 0 Å². The zero-order valence-corrected chi connectivity index (χ0v) is 45.7. The largest absolute Gasteiger partial charge is 0.472 e. The van der Waals surface area contributed by atoms with E-state index in [9.17, 15) is 28.9 Å². The lowest BCUT2D eigenvalue weighted by Gasteiger charge is -2.21. The smallest absolute Gasteiger partial charge is 0.462 e. The van der Waals surface area contributed by atoms with E-state index in [-0.39, 0.29) is 25.9 Å². The molecule has 408 valence electrons. The summed E-state index contributed by atoms with van der Waals surface area (Å²) in [4.78, 5) is 48.4. The van der Waals surface area contributed by atoms with Gasteiger partial charge in [-0.3, -0.25) is 23.4 Å². The fourth-order valence-electron chi connectivity index (χ4n) is 6.75. The molecular weight excluding hydrogens is 928 g/mol. The summed E-state index contributed by atoms with van der Waals surface area (Å²) in [6.07, 6.45) is 64.8. The van der Waals surface area contributed by atoms with Crippen molar-refractivity contribution < 1.29 is 52.2 Å². The number of aliphatic hydroxyl groups excluding tert-OH is 1. The van der Waals surface area contributed by atoms with Crippen LogP contribution in [0.1, 0.15) is 201 Å². The molecule has 0 aliphatic carbocycles. The quantitative estimate of drug-likeness (QED) is 0.0197. The first-order chi connectivity index (χ1) is 35.2.